The van der Waals surface area contributed by atoms with Crippen molar-refractivity contribution in [1.82, 2.24) is 0 Å². The maximum Gasteiger partial charge on any atom is 0.472 e. The second kappa shape index (κ2) is 69.2. The van der Waals surface area contributed by atoms with Crippen LogP contribution in [0.4, 0.5) is 0 Å². The lowest BCUT2D eigenvalue weighted by atomic mass is 10.0. The van der Waals surface area contributed by atoms with Gasteiger partial charge in [-0.15, -0.1) is 0 Å². The Balaban J connectivity index is 5.20. The molecule has 0 amide bonds. The summed E-state index contributed by atoms with van der Waals surface area (Å²) in [5, 5.41) is 10.6. The van der Waals surface area contributed by atoms with E-state index >= 15 is 0 Å². The molecule has 564 valence electrons. The number of phosphoric ester groups is 2. The normalized spacial score (nSPS) is 13.9. The van der Waals surface area contributed by atoms with E-state index in [4.69, 9.17) is 37.0 Å². The molecule has 3 N–H and O–H groups in total. The van der Waals surface area contributed by atoms with Gasteiger partial charge in [0.15, 0.2) is 12.2 Å². The first kappa shape index (κ1) is 93.1. The molecule has 0 heterocycles. The van der Waals surface area contributed by atoms with E-state index in [2.05, 4.69) is 34.6 Å². The maximum atomic E-state index is 13.1. The summed E-state index contributed by atoms with van der Waals surface area (Å²) in [5.41, 5.74) is 0. The lowest BCUT2D eigenvalue weighted by Crippen LogP contribution is -2.30. The third-order valence-corrected chi connectivity index (χ3v) is 19.7. The largest absolute Gasteiger partial charge is 0.472 e. The number of rotatable bonds is 76. The second-order valence-corrected chi connectivity index (χ2v) is 30.8. The summed E-state index contributed by atoms with van der Waals surface area (Å²) < 4.78 is 68.4. The van der Waals surface area contributed by atoms with Gasteiger partial charge in [-0.2, -0.15) is 0 Å². The first-order valence-corrected chi connectivity index (χ1v) is 42.6. The average Bonchev–Trinajstić information content (AvgIpc) is 1.94. The molecule has 0 aliphatic carbocycles. The summed E-state index contributed by atoms with van der Waals surface area (Å²) in [6, 6.07) is 0. The van der Waals surface area contributed by atoms with Crippen LogP contribution in [-0.4, -0.2) is 96.7 Å². The van der Waals surface area contributed by atoms with Crippen molar-refractivity contribution >= 4 is 39.5 Å². The molecule has 0 saturated heterocycles. The van der Waals surface area contributed by atoms with Gasteiger partial charge in [-0.3, -0.25) is 37.3 Å². The van der Waals surface area contributed by atoms with Gasteiger partial charge in [0.25, 0.3) is 0 Å². The van der Waals surface area contributed by atoms with Gasteiger partial charge in [0.05, 0.1) is 26.4 Å². The fourth-order valence-electron chi connectivity index (χ4n) is 11.7. The molecule has 0 radical (unpaired) electrons. The highest BCUT2D eigenvalue weighted by Crippen LogP contribution is 2.45. The third kappa shape index (κ3) is 70.3. The summed E-state index contributed by atoms with van der Waals surface area (Å²) in [6.45, 7) is 7.21. The lowest BCUT2D eigenvalue weighted by molar-refractivity contribution is -0.161. The molecule has 0 saturated carbocycles. The highest BCUT2D eigenvalue weighted by molar-refractivity contribution is 7.47. The Morgan fingerprint density at radius 2 is 0.484 bits per heavy atom. The molecule has 0 aliphatic rings. The van der Waals surface area contributed by atoms with Crippen LogP contribution in [0.15, 0.2) is 0 Å². The number of hydrogen-bond acceptors (Lipinski definition) is 15. The molecule has 5 atom stereocenters. The molecule has 2 unspecified atom stereocenters. The topological polar surface area (TPSA) is 237 Å². The van der Waals surface area contributed by atoms with E-state index in [0.29, 0.717) is 31.6 Å². The summed E-state index contributed by atoms with van der Waals surface area (Å²) in [6.07, 6.45) is 58.5. The molecule has 0 bridgehead atoms. The van der Waals surface area contributed by atoms with Crippen LogP contribution >= 0.6 is 15.6 Å². The number of carbonyl (C=O) groups is 4. The molecule has 19 heteroatoms. The minimum atomic E-state index is -4.96. The third-order valence-electron chi connectivity index (χ3n) is 17.8. The molecule has 0 aromatic rings. The van der Waals surface area contributed by atoms with E-state index in [1.165, 1.54) is 225 Å². The maximum absolute atomic E-state index is 13.1. The molecule has 0 spiro atoms. The Kier molecular flexibility index (Phi) is 67.7. The fourth-order valence-corrected chi connectivity index (χ4v) is 13.3. The highest BCUT2D eigenvalue weighted by Gasteiger charge is 2.30. The van der Waals surface area contributed by atoms with Gasteiger partial charge in [-0.25, -0.2) is 9.13 Å². The van der Waals surface area contributed by atoms with Crippen molar-refractivity contribution in [3.63, 3.8) is 0 Å². The van der Waals surface area contributed by atoms with Gasteiger partial charge in [-0.05, 0) is 31.6 Å². The van der Waals surface area contributed by atoms with E-state index in [1.54, 1.807) is 0 Å². The monoisotopic (exact) mass is 1400 g/mol. The molecule has 0 aromatic carbocycles. The van der Waals surface area contributed by atoms with E-state index < -0.39 is 97.5 Å². The van der Waals surface area contributed by atoms with Crippen LogP contribution < -0.4 is 0 Å². The van der Waals surface area contributed by atoms with Gasteiger partial charge < -0.3 is 33.8 Å². The van der Waals surface area contributed by atoms with E-state index in [9.17, 15) is 43.2 Å². The standard InChI is InChI=1S/C76H148O17P2/c1-6-9-12-15-18-21-23-25-27-29-31-33-35-37-40-45-50-55-60-74(79)87-65-71(92-75(80)61-56-51-46-41-38-36-34-32-30-28-26-24-22-19-16-13-10-7-2)67-90-94(82,83)88-63-70(77)64-89-95(84,85)91-68-72(66-86-73(78)59-54-49-44-39-20-17-14-11-8-3)93-76(81)62-57-52-47-42-43-48-53-58-69(4)5/h69-72,77H,6-68H2,1-5H3,(H,82,83)(H,84,85)/t70-,71-,72-/m1/s1. The lowest BCUT2D eigenvalue weighted by Gasteiger charge is -2.21. The summed E-state index contributed by atoms with van der Waals surface area (Å²) in [7, 11) is -9.91. The zero-order valence-corrected chi connectivity index (χ0v) is 63.6. The number of aliphatic hydroxyl groups excluding tert-OH is 1. The SMILES string of the molecule is CCCCCCCCCCCCCCCCCCCCC(=O)OC[C@H](COP(=O)(O)OC[C@@H](O)COP(=O)(O)OC[C@@H](COC(=O)CCCCCCCCCCC)OC(=O)CCCCCCCCCC(C)C)OC(=O)CCCCCCCCCCCCCCCCCCCC. The van der Waals surface area contributed by atoms with Crippen LogP contribution in [0.1, 0.15) is 401 Å². The average molecular weight is 1400 g/mol. The predicted octanol–water partition coefficient (Wildman–Crippen LogP) is 22.5. The number of esters is 4. The van der Waals surface area contributed by atoms with Crippen molar-refractivity contribution in [2.24, 2.45) is 5.92 Å². The molecule has 0 rings (SSSR count). The van der Waals surface area contributed by atoms with Crippen molar-refractivity contribution < 1.29 is 80.2 Å². The van der Waals surface area contributed by atoms with Crippen LogP contribution in [-0.2, 0) is 65.4 Å². The van der Waals surface area contributed by atoms with E-state index in [1.807, 2.05) is 0 Å². The molecule has 95 heavy (non-hydrogen) atoms. The zero-order chi connectivity index (χ0) is 69.8. The minimum absolute atomic E-state index is 0.104. The smallest absolute Gasteiger partial charge is 0.462 e. The number of unbranched alkanes of at least 4 members (excludes halogenated alkanes) is 48. The number of ether oxygens (including phenoxy) is 4. The van der Waals surface area contributed by atoms with Gasteiger partial charge in [0.2, 0.25) is 0 Å². The Bertz CT molecular complexity index is 1820. The molecular weight excluding hydrogens is 1250 g/mol. The fraction of sp³-hybridized carbons (Fsp3) is 0.947. The molecule has 17 nitrogen and oxygen atoms in total. The summed E-state index contributed by atoms with van der Waals surface area (Å²) >= 11 is 0. The van der Waals surface area contributed by atoms with Crippen LogP contribution in [0, 0.1) is 5.92 Å². The Hall–Kier alpha value is -1.94. The van der Waals surface area contributed by atoms with Crippen molar-refractivity contribution in [2.45, 2.75) is 419 Å². The molecular formula is C76H148O17P2. The first-order valence-electron chi connectivity index (χ1n) is 39.6. The van der Waals surface area contributed by atoms with Crippen molar-refractivity contribution in [2.75, 3.05) is 39.6 Å². The van der Waals surface area contributed by atoms with Gasteiger partial charge in [0.1, 0.15) is 19.3 Å². The van der Waals surface area contributed by atoms with Crippen LogP contribution in [0.2, 0.25) is 0 Å². The quantitative estimate of drug-likeness (QED) is 0.0222. The summed E-state index contributed by atoms with van der Waals surface area (Å²) in [4.78, 5) is 72.7. The van der Waals surface area contributed by atoms with Crippen LogP contribution in [0.5, 0.6) is 0 Å². The number of aliphatic hydroxyl groups is 1. The van der Waals surface area contributed by atoms with Gasteiger partial charge >= 0.3 is 39.5 Å². The molecule has 0 aliphatic heterocycles. The van der Waals surface area contributed by atoms with Crippen molar-refractivity contribution in [3.8, 4) is 0 Å². The van der Waals surface area contributed by atoms with E-state index in [-0.39, 0.29) is 25.7 Å². The predicted molar refractivity (Wildman–Crippen MR) is 386 cm³/mol. The Labute approximate surface area is 581 Å². The van der Waals surface area contributed by atoms with Crippen molar-refractivity contribution in [3.05, 3.63) is 0 Å². The van der Waals surface area contributed by atoms with Crippen LogP contribution in [0.25, 0.3) is 0 Å². The number of hydrogen-bond donors (Lipinski definition) is 3. The van der Waals surface area contributed by atoms with Gasteiger partial charge in [0, 0.05) is 25.7 Å². The van der Waals surface area contributed by atoms with Gasteiger partial charge in [-0.1, -0.05) is 349 Å². The summed E-state index contributed by atoms with van der Waals surface area (Å²) in [5.74, 6) is -1.42. The Morgan fingerprint density at radius 3 is 0.716 bits per heavy atom. The number of carbonyl (C=O) groups excluding carboxylic acids is 4. The van der Waals surface area contributed by atoms with E-state index in [0.717, 1.165) is 89.9 Å². The van der Waals surface area contributed by atoms with Crippen molar-refractivity contribution in [1.29, 1.82) is 0 Å². The molecule has 0 aromatic heterocycles. The highest BCUT2D eigenvalue weighted by atomic mass is 31.2. The Morgan fingerprint density at radius 1 is 0.284 bits per heavy atom. The number of phosphoric acid groups is 2. The second-order valence-electron chi connectivity index (χ2n) is 27.9. The minimum Gasteiger partial charge on any atom is -0.462 e. The van der Waals surface area contributed by atoms with Crippen LogP contribution in [0.3, 0.4) is 0 Å². The molecule has 0 fully saturated rings. The zero-order valence-electron chi connectivity index (χ0n) is 61.8. The first-order chi connectivity index (χ1) is 46.0.